The van der Waals surface area contributed by atoms with Crippen molar-refractivity contribution in [1.82, 2.24) is 4.90 Å². The molecule has 1 heterocycles. The van der Waals surface area contributed by atoms with E-state index in [-0.39, 0.29) is 31.0 Å². The van der Waals surface area contributed by atoms with Crippen LogP contribution >= 0.6 is 0 Å². The van der Waals surface area contributed by atoms with E-state index < -0.39 is 29.2 Å². The Morgan fingerprint density at radius 1 is 1.41 bits per heavy atom. The molecule has 0 spiro atoms. The van der Waals surface area contributed by atoms with Crippen molar-refractivity contribution in [2.45, 2.75) is 0 Å². The lowest BCUT2D eigenvalue weighted by molar-refractivity contribution is -0.136. The zero-order valence-electron chi connectivity index (χ0n) is 11.7. The van der Waals surface area contributed by atoms with Gasteiger partial charge in [0.15, 0.2) is 0 Å². The lowest BCUT2D eigenvalue weighted by Crippen LogP contribution is -2.31. The number of hydrogen-bond acceptors (Lipinski definition) is 5. The van der Waals surface area contributed by atoms with E-state index in [2.05, 4.69) is 10.1 Å². The highest BCUT2D eigenvalue weighted by Crippen LogP contribution is 2.25. The standard InChI is InChI=1S/C14H14F2N2O4/c1-22-14(21)8-7-18(5-6-19)13(20)11(8)17-12-9(15)3-2-4-10(12)16/h2-4,17,19H,5-7H2,1H3. The number of hydrogen-bond donors (Lipinski definition) is 2. The minimum Gasteiger partial charge on any atom is -0.466 e. The molecular formula is C14H14F2N2O4. The van der Waals surface area contributed by atoms with Gasteiger partial charge in [-0.3, -0.25) is 4.79 Å². The zero-order chi connectivity index (χ0) is 16.3. The number of halogens is 2. The topological polar surface area (TPSA) is 78.9 Å². The van der Waals surface area contributed by atoms with Gasteiger partial charge in [0, 0.05) is 6.54 Å². The predicted octanol–water partition coefficient (Wildman–Crippen LogP) is 0.638. The van der Waals surface area contributed by atoms with Crippen LogP contribution in [0.5, 0.6) is 0 Å². The van der Waals surface area contributed by atoms with Gasteiger partial charge in [0.1, 0.15) is 23.0 Å². The van der Waals surface area contributed by atoms with Crippen LogP contribution in [0.3, 0.4) is 0 Å². The van der Waals surface area contributed by atoms with Crippen LogP contribution < -0.4 is 5.32 Å². The van der Waals surface area contributed by atoms with E-state index >= 15 is 0 Å². The van der Waals surface area contributed by atoms with E-state index in [4.69, 9.17) is 5.11 Å². The third-order valence-electron chi connectivity index (χ3n) is 3.17. The van der Waals surface area contributed by atoms with Crippen molar-refractivity contribution in [1.29, 1.82) is 0 Å². The predicted molar refractivity (Wildman–Crippen MR) is 72.7 cm³/mol. The Morgan fingerprint density at radius 2 is 2.05 bits per heavy atom. The molecule has 22 heavy (non-hydrogen) atoms. The SMILES string of the molecule is COC(=O)C1=C(Nc2c(F)cccc2F)C(=O)N(CCO)C1. The molecule has 1 aliphatic rings. The average molecular weight is 312 g/mol. The lowest BCUT2D eigenvalue weighted by Gasteiger charge is -2.15. The van der Waals surface area contributed by atoms with Crippen molar-refractivity contribution >= 4 is 17.6 Å². The number of methoxy groups -OCH3 is 1. The molecule has 0 fully saturated rings. The van der Waals surface area contributed by atoms with Crippen LogP contribution in [0.25, 0.3) is 0 Å². The number of carbonyl (C=O) groups is 2. The lowest BCUT2D eigenvalue weighted by atomic mass is 10.2. The normalized spacial score (nSPS) is 14.5. The molecule has 0 aliphatic carbocycles. The molecule has 0 aromatic heterocycles. The molecule has 118 valence electrons. The highest BCUT2D eigenvalue weighted by atomic mass is 19.1. The summed E-state index contributed by atoms with van der Waals surface area (Å²) in [6.45, 7) is -0.420. The van der Waals surface area contributed by atoms with Crippen LogP contribution in [0.2, 0.25) is 0 Å². The molecule has 0 bridgehead atoms. The first-order valence-corrected chi connectivity index (χ1v) is 6.42. The summed E-state index contributed by atoms with van der Waals surface area (Å²) in [5.41, 5.74) is -0.842. The summed E-state index contributed by atoms with van der Waals surface area (Å²) in [5, 5.41) is 11.3. The second-order valence-electron chi connectivity index (χ2n) is 4.52. The van der Waals surface area contributed by atoms with Crippen molar-refractivity contribution in [3.63, 3.8) is 0 Å². The third-order valence-corrected chi connectivity index (χ3v) is 3.17. The van der Waals surface area contributed by atoms with Crippen molar-refractivity contribution in [2.24, 2.45) is 0 Å². The fourth-order valence-electron chi connectivity index (χ4n) is 2.09. The number of anilines is 1. The second-order valence-corrected chi connectivity index (χ2v) is 4.52. The Bertz CT molecular complexity index is 625. The maximum Gasteiger partial charge on any atom is 0.337 e. The van der Waals surface area contributed by atoms with Gasteiger partial charge in [-0.1, -0.05) is 6.07 Å². The maximum atomic E-state index is 13.7. The van der Waals surface area contributed by atoms with E-state index in [1.54, 1.807) is 0 Å². The number of benzene rings is 1. The van der Waals surface area contributed by atoms with E-state index in [1.807, 2.05) is 0 Å². The minimum absolute atomic E-state index is 0.00966. The molecule has 0 radical (unpaired) electrons. The molecule has 2 N–H and O–H groups in total. The van der Waals surface area contributed by atoms with E-state index in [9.17, 15) is 18.4 Å². The van der Waals surface area contributed by atoms with Gasteiger partial charge < -0.3 is 20.1 Å². The van der Waals surface area contributed by atoms with Crippen LogP contribution in [0, 0.1) is 11.6 Å². The number of nitrogens with zero attached hydrogens (tertiary/aromatic N) is 1. The monoisotopic (exact) mass is 312 g/mol. The van der Waals surface area contributed by atoms with Gasteiger partial charge in [0.2, 0.25) is 0 Å². The third kappa shape index (κ3) is 2.91. The number of para-hydroxylation sites is 1. The molecule has 6 nitrogen and oxygen atoms in total. The summed E-state index contributed by atoms with van der Waals surface area (Å²) >= 11 is 0. The van der Waals surface area contributed by atoms with Crippen LogP contribution in [0.15, 0.2) is 29.5 Å². The Balaban J connectivity index is 2.39. The number of β-amino-alcohol motifs (C(OH)–C–C–N with tert-alkyl or cyclic N) is 1. The molecule has 0 atom stereocenters. The number of esters is 1. The van der Waals surface area contributed by atoms with Gasteiger partial charge in [-0.25, -0.2) is 13.6 Å². The fraction of sp³-hybridized carbons (Fsp3) is 0.286. The molecule has 2 rings (SSSR count). The molecule has 8 heteroatoms. The minimum atomic E-state index is -0.898. The molecule has 0 unspecified atom stereocenters. The number of nitrogens with one attached hydrogen (secondary N) is 1. The van der Waals surface area contributed by atoms with Gasteiger partial charge >= 0.3 is 5.97 Å². The van der Waals surface area contributed by atoms with Crippen molar-refractivity contribution in [3.8, 4) is 0 Å². The smallest absolute Gasteiger partial charge is 0.337 e. The summed E-state index contributed by atoms with van der Waals surface area (Å²) in [4.78, 5) is 25.1. The van der Waals surface area contributed by atoms with Gasteiger partial charge in [-0.05, 0) is 12.1 Å². The highest BCUT2D eigenvalue weighted by molar-refractivity contribution is 6.08. The molecule has 1 aromatic rings. The molecule has 1 aromatic carbocycles. The van der Waals surface area contributed by atoms with Gasteiger partial charge in [-0.2, -0.15) is 0 Å². The summed E-state index contributed by atoms with van der Waals surface area (Å²) in [7, 11) is 1.13. The van der Waals surface area contributed by atoms with Crippen LogP contribution in [-0.2, 0) is 14.3 Å². The Kier molecular flexibility index (Phi) is 4.71. The molecule has 0 saturated heterocycles. The van der Waals surface area contributed by atoms with E-state index in [1.165, 1.54) is 11.0 Å². The zero-order valence-corrected chi connectivity index (χ0v) is 11.7. The summed E-state index contributed by atoms with van der Waals surface area (Å²) < 4.78 is 31.9. The number of carbonyl (C=O) groups excluding carboxylic acids is 2. The number of amides is 1. The fourth-order valence-corrected chi connectivity index (χ4v) is 2.09. The van der Waals surface area contributed by atoms with E-state index in [0.29, 0.717) is 0 Å². The van der Waals surface area contributed by atoms with Gasteiger partial charge in [0.05, 0.1) is 25.8 Å². The van der Waals surface area contributed by atoms with Crippen molar-refractivity contribution in [2.75, 3.05) is 32.1 Å². The van der Waals surface area contributed by atoms with Crippen molar-refractivity contribution < 1.29 is 28.2 Å². The van der Waals surface area contributed by atoms with E-state index in [0.717, 1.165) is 19.2 Å². The first kappa shape index (κ1) is 15.9. The Labute approximate surface area is 125 Å². The van der Waals surface area contributed by atoms with Gasteiger partial charge in [-0.15, -0.1) is 0 Å². The first-order chi connectivity index (χ1) is 10.5. The largest absolute Gasteiger partial charge is 0.466 e. The molecule has 1 amide bonds. The quantitative estimate of drug-likeness (QED) is 0.780. The Morgan fingerprint density at radius 3 is 2.59 bits per heavy atom. The number of ether oxygens (including phenoxy) is 1. The average Bonchev–Trinajstić information content (AvgIpc) is 2.80. The van der Waals surface area contributed by atoms with Crippen LogP contribution in [0.4, 0.5) is 14.5 Å². The van der Waals surface area contributed by atoms with Gasteiger partial charge in [0.25, 0.3) is 5.91 Å². The molecule has 1 aliphatic heterocycles. The van der Waals surface area contributed by atoms with Crippen LogP contribution in [-0.4, -0.2) is 48.7 Å². The second kappa shape index (κ2) is 6.52. The highest BCUT2D eigenvalue weighted by Gasteiger charge is 2.35. The molecular weight excluding hydrogens is 298 g/mol. The molecule has 0 saturated carbocycles. The summed E-state index contributed by atoms with van der Waals surface area (Å²) in [6, 6.07) is 3.23. The number of aliphatic hydroxyl groups excluding tert-OH is 1. The van der Waals surface area contributed by atoms with Crippen LogP contribution in [0.1, 0.15) is 0 Å². The summed E-state index contributed by atoms with van der Waals surface area (Å²) in [6.07, 6.45) is 0. The van der Waals surface area contributed by atoms with Crippen molar-refractivity contribution in [3.05, 3.63) is 41.1 Å². The first-order valence-electron chi connectivity index (χ1n) is 6.42. The number of rotatable bonds is 5. The maximum absolute atomic E-state index is 13.7. The number of aliphatic hydroxyl groups is 1. The summed E-state index contributed by atoms with van der Waals surface area (Å²) in [5.74, 6) is -3.22. The Hall–Kier alpha value is -2.48.